The second-order valence-electron chi connectivity index (χ2n) is 7.35. The molecule has 0 aliphatic rings. The van der Waals surface area contributed by atoms with Gasteiger partial charge < -0.3 is 18.6 Å². The number of nitrogens with zero attached hydrogens (tertiary/aromatic N) is 2. The van der Waals surface area contributed by atoms with E-state index >= 15 is 0 Å². The molecule has 5 nitrogen and oxygen atoms in total. The van der Waals surface area contributed by atoms with E-state index in [1.807, 2.05) is 65.1 Å². The molecule has 0 spiro atoms. The van der Waals surface area contributed by atoms with E-state index in [1.165, 1.54) is 11.1 Å². The Bertz CT molecular complexity index is 934. The van der Waals surface area contributed by atoms with Crippen LogP contribution in [0.4, 0.5) is 0 Å². The molecule has 2 aromatic heterocycles. The molecule has 3 rings (SSSR count). The number of aromatic nitrogens is 1. The third-order valence-corrected chi connectivity index (χ3v) is 4.94. The number of carbonyl (C=O) groups excluding carboxylic acids is 1. The molecule has 5 heteroatoms. The van der Waals surface area contributed by atoms with Gasteiger partial charge in [0.15, 0.2) is 0 Å². The minimum absolute atomic E-state index is 0.00261. The minimum atomic E-state index is 0.00261. The predicted molar refractivity (Wildman–Crippen MR) is 110 cm³/mol. The second kappa shape index (κ2) is 8.38. The third-order valence-electron chi connectivity index (χ3n) is 4.94. The minimum Gasteiger partial charge on any atom is -0.492 e. The molecule has 0 unspecified atom stereocenters. The van der Waals surface area contributed by atoms with Crippen molar-refractivity contribution in [3.8, 4) is 5.75 Å². The van der Waals surface area contributed by atoms with E-state index < -0.39 is 0 Å². The van der Waals surface area contributed by atoms with Crippen LogP contribution in [0.15, 0.2) is 47.1 Å². The Kier molecular flexibility index (Phi) is 5.93. The predicted octanol–water partition coefficient (Wildman–Crippen LogP) is 4.51. The fourth-order valence-electron chi connectivity index (χ4n) is 3.44. The quantitative estimate of drug-likeness (QED) is 0.606. The van der Waals surface area contributed by atoms with E-state index in [1.54, 1.807) is 11.2 Å². The van der Waals surface area contributed by atoms with Crippen LogP contribution in [0.2, 0.25) is 0 Å². The Hall–Kier alpha value is -2.95. The standard InChI is InChI=1S/C23H28N2O3/c1-16-11-17(2)13-21(12-16)28-10-8-24(5)23(26)22-14-18(3)25(19(22)4)15-20-7-6-9-27-20/h6-7,9,11-14H,8,10,15H2,1-5H3. The highest BCUT2D eigenvalue weighted by Gasteiger charge is 2.19. The fraction of sp³-hybridized carbons (Fsp3) is 0.348. The maximum absolute atomic E-state index is 12.9. The molecule has 0 fully saturated rings. The van der Waals surface area contributed by atoms with E-state index in [0.717, 1.165) is 28.5 Å². The number of likely N-dealkylation sites (N-methyl/N-ethyl adjacent to an activating group) is 1. The van der Waals surface area contributed by atoms with Gasteiger partial charge in [0, 0.05) is 18.4 Å². The van der Waals surface area contributed by atoms with Crippen molar-refractivity contribution in [1.29, 1.82) is 0 Å². The second-order valence-corrected chi connectivity index (χ2v) is 7.35. The Morgan fingerprint density at radius 2 is 1.82 bits per heavy atom. The number of hydrogen-bond acceptors (Lipinski definition) is 3. The average Bonchev–Trinajstić information content (AvgIpc) is 3.24. The molecule has 0 radical (unpaired) electrons. The van der Waals surface area contributed by atoms with Crippen molar-refractivity contribution in [3.05, 3.63) is 76.5 Å². The van der Waals surface area contributed by atoms with Gasteiger partial charge in [-0.05, 0) is 69.2 Å². The van der Waals surface area contributed by atoms with Gasteiger partial charge in [-0.15, -0.1) is 0 Å². The Morgan fingerprint density at radius 1 is 1.11 bits per heavy atom. The summed E-state index contributed by atoms with van der Waals surface area (Å²) in [6.45, 7) is 9.68. The number of furan rings is 1. The van der Waals surface area contributed by atoms with E-state index in [-0.39, 0.29) is 5.91 Å². The number of ether oxygens (including phenoxy) is 1. The summed E-state index contributed by atoms with van der Waals surface area (Å²) in [5.74, 6) is 1.72. The Labute approximate surface area is 166 Å². The summed E-state index contributed by atoms with van der Waals surface area (Å²) >= 11 is 0. The van der Waals surface area contributed by atoms with E-state index in [0.29, 0.717) is 19.7 Å². The number of aryl methyl sites for hydroxylation is 3. The van der Waals surface area contributed by atoms with Crippen LogP contribution in [0.25, 0.3) is 0 Å². The van der Waals surface area contributed by atoms with Gasteiger partial charge in [-0.25, -0.2) is 0 Å². The first-order valence-electron chi connectivity index (χ1n) is 9.51. The largest absolute Gasteiger partial charge is 0.492 e. The Balaban J connectivity index is 1.63. The topological polar surface area (TPSA) is 47.6 Å². The lowest BCUT2D eigenvalue weighted by Crippen LogP contribution is -2.31. The van der Waals surface area contributed by atoms with Crippen LogP contribution < -0.4 is 4.74 Å². The van der Waals surface area contributed by atoms with Crippen LogP contribution >= 0.6 is 0 Å². The summed E-state index contributed by atoms with van der Waals surface area (Å²) in [5.41, 5.74) is 5.04. The van der Waals surface area contributed by atoms with Crippen LogP contribution in [0.1, 0.15) is 38.6 Å². The number of carbonyl (C=O) groups is 1. The van der Waals surface area contributed by atoms with Crippen LogP contribution in [0.3, 0.4) is 0 Å². The summed E-state index contributed by atoms with van der Waals surface area (Å²) in [6.07, 6.45) is 1.67. The normalized spacial score (nSPS) is 10.9. The van der Waals surface area contributed by atoms with Crippen molar-refractivity contribution in [2.75, 3.05) is 20.2 Å². The van der Waals surface area contributed by atoms with Gasteiger partial charge in [-0.3, -0.25) is 4.79 Å². The number of amides is 1. The van der Waals surface area contributed by atoms with Gasteiger partial charge in [0.25, 0.3) is 5.91 Å². The zero-order chi connectivity index (χ0) is 20.3. The summed E-state index contributed by atoms with van der Waals surface area (Å²) in [7, 11) is 1.81. The van der Waals surface area contributed by atoms with Gasteiger partial charge in [0.1, 0.15) is 18.1 Å². The van der Waals surface area contributed by atoms with Crippen molar-refractivity contribution < 1.29 is 13.9 Å². The maximum atomic E-state index is 12.9. The highest BCUT2D eigenvalue weighted by molar-refractivity contribution is 5.95. The van der Waals surface area contributed by atoms with Crippen molar-refractivity contribution in [3.63, 3.8) is 0 Å². The lowest BCUT2D eigenvalue weighted by Gasteiger charge is -2.18. The maximum Gasteiger partial charge on any atom is 0.255 e. The third kappa shape index (κ3) is 4.47. The lowest BCUT2D eigenvalue weighted by molar-refractivity contribution is 0.0773. The van der Waals surface area contributed by atoms with Crippen molar-refractivity contribution >= 4 is 5.91 Å². The molecule has 28 heavy (non-hydrogen) atoms. The van der Waals surface area contributed by atoms with Crippen LogP contribution in [-0.2, 0) is 6.54 Å². The number of rotatable bonds is 7. The van der Waals surface area contributed by atoms with Crippen LogP contribution in [-0.4, -0.2) is 35.6 Å². The van der Waals surface area contributed by atoms with Crippen molar-refractivity contribution in [2.24, 2.45) is 0 Å². The molecule has 0 aliphatic carbocycles. The molecule has 0 saturated carbocycles. The van der Waals surface area contributed by atoms with E-state index in [4.69, 9.17) is 9.15 Å². The first-order chi connectivity index (χ1) is 13.3. The molecule has 3 aromatic rings. The smallest absolute Gasteiger partial charge is 0.255 e. The lowest BCUT2D eigenvalue weighted by atomic mass is 10.1. The SMILES string of the molecule is Cc1cc(C)cc(OCCN(C)C(=O)c2cc(C)n(Cc3ccco3)c2C)c1. The first-order valence-corrected chi connectivity index (χ1v) is 9.51. The molecule has 2 heterocycles. The highest BCUT2D eigenvalue weighted by Crippen LogP contribution is 2.19. The van der Waals surface area contributed by atoms with Crippen LogP contribution in [0, 0.1) is 27.7 Å². The summed E-state index contributed by atoms with van der Waals surface area (Å²) in [5, 5.41) is 0. The van der Waals surface area contributed by atoms with Gasteiger partial charge in [0.2, 0.25) is 0 Å². The highest BCUT2D eigenvalue weighted by atomic mass is 16.5. The summed E-state index contributed by atoms with van der Waals surface area (Å²) in [6, 6.07) is 11.9. The van der Waals surface area contributed by atoms with Crippen molar-refractivity contribution in [2.45, 2.75) is 34.2 Å². The first kappa shape index (κ1) is 19.8. The van der Waals surface area contributed by atoms with Crippen molar-refractivity contribution in [1.82, 2.24) is 9.47 Å². The molecule has 1 aromatic carbocycles. The molecular weight excluding hydrogens is 352 g/mol. The van der Waals surface area contributed by atoms with Gasteiger partial charge in [0.05, 0.1) is 24.9 Å². The molecule has 0 atom stereocenters. The van der Waals surface area contributed by atoms with E-state index in [2.05, 4.69) is 10.6 Å². The molecule has 0 aliphatic heterocycles. The average molecular weight is 380 g/mol. The number of hydrogen-bond donors (Lipinski definition) is 0. The summed E-state index contributed by atoms with van der Waals surface area (Å²) in [4.78, 5) is 14.6. The molecular formula is C23H28N2O3. The molecule has 0 N–H and O–H groups in total. The van der Waals surface area contributed by atoms with Gasteiger partial charge >= 0.3 is 0 Å². The molecule has 0 saturated heterocycles. The zero-order valence-corrected chi connectivity index (χ0v) is 17.3. The Morgan fingerprint density at radius 3 is 2.46 bits per heavy atom. The van der Waals surface area contributed by atoms with Crippen LogP contribution in [0.5, 0.6) is 5.75 Å². The molecule has 1 amide bonds. The summed E-state index contributed by atoms with van der Waals surface area (Å²) < 4.78 is 13.4. The monoisotopic (exact) mass is 380 g/mol. The van der Waals surface area contributed by atoms with Gasteiger partial charge in [-0.2, -0.15) is 0 Å². The van der Waals surface area contributed by atoms with E-state index in [9.17, 15) is 4.79 Å². The van der Waals surface area contributed by atoms with Gasteiger partial charge in [-0.1, -0.05) is 6.07 Å². The fourth-order valence-corrected chi connectivity index (χ4v) is 3.44. The number of benzene rings is 1. The zero-order valence-electron chi connectivity index (χ0n) is 17.3. The molecule has 0 bridgehead atoms. The molecule has 148 valence electrons.